The lowest BCUT2D eigenvalue weighted by Gasteiger charge is -2.28. The van der Waals surface area contributed by atoms with Crippen LogP contribution in [-0.4, -0.2) is 0 Å². The van der Waals surface area contributed by atoms with Gasteiger partial charge in [-0.1, -0.05) is 114 Å². The van der Waals surface area contributed by atoms with Gasteiger partial charge in [-0.05, 0) is 141 Å². The molecule has 0 bridgehead atoms. The molecule has 2 nitrogen and oxygen atoms in total. The van der Waals surface area contributed by atoms with E-state index < -0.39 is 0 Å². The van der Waals surface area contributed by atoms with Crippen LogP contribution in [0.1, 0.15) is 63.8 Å². The minimum Gasteiger partial charge on any atom is -0.310 e. The van der Waals surface area contributed by atoms with Crippen LogP contribution >= 0.6 is 0 Å². The third-order valence-corrected chi connectivity index (χ3v) is 10.2. The van der Waals surface area contributed by atoms with E-state index in [0.717, 1.165) is 34.1 Å². The lowest BCUT2D eigenvalue weighted by molar-refractivity contribution is 0.590. The van der Waals surface area contributed by atoms with Crippen LogP contribution in [0.15, 0.2) is 146 Å². The van der Waals surface area contributed by atoms with Crippen LogP contribution in [0.5, 0.6) is 0 Å². The normalized spacial score (nSPS) is 12.0. The zero-order chi connectivity index (χ0) is 35.2. The Morgan fingerprint density at radius 1 is 0.320 bits per heavy atom. The summed E-state index contributed by atoms with van der Waals surface area (Å²) in [7, 11) is 0. The van der Waals surface area contributed by atoms with E-state index in [1.54, 1.807) is 0 Å². The molecule has 0 radical (unpaired) electrons. The highest BCUT2D eigenvalue weighted by Crippen LogP contribution is 2.42. The molecule has 0 atom stereocenters. The zero-order valence-corrected chi connectivity index (χ0v) is 30.8. The Labute approximate surface area is 298 Å². The van der Waals surface area contributed by atoms with Crippen molar-refractivity contribution in [1.29, 1.82) is 0 Å². The number of hydrogen-bond acceptors (Lipinski definition) is 2. The van der Waals surface area contributed by atoms with Gasteiger partial charge >= 0.3 is 0 Å². The number of aryl methyl sites for hydroxylation is 2. The van der Waals surface area contributed by atoms with E-state index in [0.29, 0.717) is 0 Å². The Hall–Kier alpha value is -5.34. The molecular formula is C48H48N2. The molecule has 2 heteroatoms. The minimum absolute atomic E-state index is 0.101. The molecule has 0 aliphatic heterocycles. The van der Waals surface area contributed by atoms with Crippen molar-refractivity contribution in [1.82, 2.24) is 0 Å². The molecule has 0 amide bonds. The number of nitrogens with zero attached hydrogens (tertiary/aromatic N) is 2. The molecule has 0 heterocycles. The molecule has 50 heavy (non-hydrogen) atoms. The molecule has 0 N–H and O–H groups in total. The minimum atomic E-state index is 0.101. The summed E-state index contributed by atoms with van der Waals surface area (Å²) in [6.45, 7) is 18.1. The molecule has 0 spiro atoms. The summed E-state index contributed by atoms with van der Waals surface area (Å²) < 4.78 is 0. The summed E-state index contributed by atoms with van der Waals surface area (Å²) in [4.78, 5) is 4.74. The van der Waals surface area contributed by atoms with Crippen molar-refractivity contribution < 1.29 is 0 Å². The molecule has 0 aromatic heterocycles. The first-order valence-corrected chi connectivity index (χ1v) is 17.8. The van der Waals surface area contributed by atoms with Gasteiger partial charge in [0.25, 0.3) is 0 Å². The van der Waals surface area contributed by atoms with Crippen molar-refractivity contribution in [3.63, 3.8) is 0 Å². The lowest BCUT2D eigenvalue weighted by atomic mass is 9.87. The second-order valence-corrected chi connectivity index (χ2v) is 15.6. The number of rotatable bonds is 6. The molecule has 0 saturated carbocycles. The van der Waals surface area contributed by atoms with Gasteiger partial charge in [0.1, 0.15) is 0 Å². The van der Waals surface area contributed by atoms with Gasteiger partial charge in [-0.15, -0.1) is 0 Å². The maximum atomic E-state index is 2.38. The molecule has 0 aliphatic rings. The van der Waals surface area contributed by atoms with E-state index in [1.807, 2.05) is 0 Å². The summed E-state index contributed by atoms with van der Waals surface area (Å²) in [5.74, 6) is 0. The van der Waals surface area contributed by atoms with Gasteiger partial charge in [-0.3, -0.25) is 0 Å². The average molecular weight is 653 g/mol. The van der Waals surface area contributed by atoms with Crippen molar-refractivity contribution >= 4 is 55.7 Å². The highest BCUT2D eigenvalue weighted by atomic mass is 15.1. The standard InChI is InChI=1S/C48H48N2/c1-33-43-29-27-42(50(38-17-13-10-14-18-38)40-25-21-36(22-26-40)48(6,7)8)32-46(43)34(2)44-30-28-41(31-45(33)44)49(37-15-11-9-12-16-37)39-23-19-35(20-24-39)47(3,4)5/h9-32H,1-8H3. The van der Waals surface area contributed by atoms with Crippen molar-refractivity contribution in [2.75, 3.05) is 9.80 Å². The molecule has 7 aromatic carbocycles. The molecule has 0 fully saturated rings. The number of anilines is 6. The monoisotopic (exact) mass is 652 g/mol. The van der Waals surface area contributed by atoms with Gasteiger partial charge in [-0.25, -0.2) is 0 Å². The van der Waals surface area contributed by atoms with Crippen LogP contribution in [0.25, 0.3) is 21.5 Å². The largest absolute Gasteiger partial charge is 0.310 e. The van der Waals surface area contributed by atoms with E-state index >= 15 is 0 Å². The molecule has 250 valence electrons. The summed E-state index contributed by atoms with van der Waals surface area (Å²) in [5, 5.41) is 5.14. The third kappa shape index (κ3) is 6.27. The SMILES string of the molecule is Cc1c2ccc(N(c3ccccc3)c3ccc(C(C)(C)C)cc3)cc2c(C)c2ccc(N(c3ccccc3)c3ccc(C(C)(C)C)cc3)cc12. The van der Waals surface area contributed by atoms with Crippen LogP contribution in [0.4, 0.5) is 34.1 Å². The van der Waals surface area contributed by atoms with Gasteiger partial charge in [0.15, 0.2) is 0 Å². The van der Waals surface area contributed by atoms with E-state index in [9.17, 15) is 0 Å². The van der Waals surface area contributed by atoms with Gasteiger partial charge in [0, 0.05) is 34.1 Å². The molecule has 0 unspecified atom stereocenters. The second-order valence-electron chi connectivity index (χ2n) is 15.6. The average Bonchev–Trinajstić information content (AvgIpc) is 3.11. The van der Waals surface area contributed by atoms with Crippen molar-refractivity contribution in [2.24, 2.45) is 0 Å². The fraction of sp³-hybridized carbons (Fsp3) is 0.208. The smallest absolute Gasteiger partial charge is 0.0468 e. The van der Waals surface area contributed by atoms with Gasteiger partial charge in [0.2, 0.25) is 0 Å². The predicted octanol–water partition coefficient (Wildman–Crippen LogP) is 14.1. The Morgan fingerprint density at radius 3 is 0.940 bits per heavy atom. The number of benzene rings is 7. The number of hydrogen-bond donors (Lipinski definition) is 0. The lowest BCUT2D eigenvalue weighted by Crippen LogP contribution is -2.13. The Morgan fingerprint density at radius 2 is 0.620 bits per heavy atom. The Balaban J connectivity index is 1.35. The van der Waals surface area contributed by atoms with E-state index in [2.05, 4.69) is 211 Å². The molecule has 0 saturated heterocycles. The van der Waals surface area contributed by atoms with E-state index in [-0.39, 0.29) is 10.8 Å². The third-order valence-electron chi connectivity index (χ3n) is 10.2. The second kappa shape index (κ2) is 12.8. The topological polar surface area (TPSA) is 6.48 Å². The van der Waals surface area contributed by atoms with Crippen molar-refractivity contribution in [2.45, 2.75) is 66.2 Å². The number of fused-ring (bicyclic) bond motifs is 2. The fourth-order valence-corrected chi connectivity index (χ4v) is 7.18. The van der Waals surface area contributed by atoms with E-state index in [4.69, 9.17) is 0 Å². The predicted molar refractivity (Wildman–Crippen MR) is 218 cm³/mol. The molecule has 7 aromatic rings. The molecule has 0 aliphatic carbocycles. The highest BCUT2D eigenvalue weighted by Gasteiger charge is 2.20. The molecular weight excluding hydrogens is 605 g/mol. The summed E-state index contributed by atoms with van der Waals surface area (Å²) >= 11 is 0. The van der Waals surface area contributed by atoms with Crippen molar-refractivity contribution in [3.8, 4) is 0 Å². The first-order chi connectivity index (χ1) is 23.9. The fourth-order valence-electron chi connectivity index (χ4n) is 7.18. The van der Waals surface area contributed by atoms with Crippen LogP contribution < -0.4 is 9.80 Å². The van der Waals surface area contributed by atoms with Crippen LogP contribution in [0, 0.1) is 13.8 Å². The summed E-state index contributed by atoms with van der Waals surface area (Å²) in [5.41, 5.74) is 12.4. The highest BCUT2D eigenvalue weighted by molar-refractivity contribution is 6.08. The van der Waals surface area contributed by atoms with Gasteiger partial charge in [0.05, 0.1) is 0 Å². The zero-order valence-electron chi connectivity index (χ0n) is 30.8. The van der Waals surface area contributed by atoms with Crippen molar-refractivity contribution in [3.05, 3.63) is 168 Å². The molecule has 7 rings (SSSR count). The Kier molecular flexibility index (Phi) is 8.52. The van der Waals surface area contributed by atoms with Crippen LogP contribution in [-0.2, 0) is 10.8 Å². The first kappa shape index (κ1) is 33.2. The van der Waals surface area contributed by atoms with Crippen LogP contribution in [0.3, 0.4) is 0 Å². The summed E-state index contributed by atoms with van der Waals surface area (Å²) in [6.07, 6.45) is 0. The van der Waals surface area contributed by atoms with Gasteiger partial charge < -0.3 is 9.80 Å². The van der Waals surface area contributed by atoms with Crippen LogP contribution in [0.2, 0.25) is 0 Å². The first-order valence-electron chi connectivity index (χ1n) is 17.8. The maximum absolute atomic E-state index is 2.38. The quantitative estimate of drug-likeness (QED) is 0.165. The van der Waals surface area contributed by atoms with Gasteiger partial charge in [-0.2, -0.15) is 0 Å². The van der Waals surface area contributed by atoms with E-state index in [1.165, 1.54) is 43.8 Å². The number of para-hydroxylation sites is 2. The maximum Gasteiger partial charge on any atom is 0.0468 e. The summed E-state index contributed by atoms with van der Waals surface area (Å²) in [6, 6.07) is 53.4. The Bertz CT molecular complexity index is 2100.